The van der Waals surface area contributed by atoms with Crippen LogP contribution in [0.1, 0.15) is 30.4 Å². The van der Waals surface area contributed by atoms with Crippen LogP contribution in [0.4, 0.5) is 0 Å². The highest BCUT2D eigenvalue weighted by Gasteiger charge is 2.39. The van der Waals surface area contributed by atoms with Gasteiger partial charge in [-0.25, -0.2) is 0 Å². The Labute approximate surface area is 184 Å². The Bertz CT molecular complexity index is 781. The summed E-state index contributed by atoms with van der Waals surface area (Å²) < 4.78 is 0.189. The van der Waals surface area contributed by atoms with E-state index in [1.54, 1.807) is 0 Å². The van der Waals surface area contributed by atoms with E-state index in [1.165, 1.54) is 12.0 Å². The van der Waals surface area contributed by atoms with Crippen LogP contribution < -0.4 is 0 Å². The topological polar surface area (TPSA) is 23.5 Å². The van der Waals surface area contributed by atoms with Crippen LogP contribution >= 0.6 is 23.5 Å². The highest BCUT2D eigenvalue weighted by Crippen LogP contribution is 2.45. The molecule has 154 valence electrons. The lowest BCUT2D eigenvalue weighted by Crippen LogP contribution is -2.37. The third kappa shape index (κ3) is 6.83. The molecule has 1 heterocycles. The summed E-state index contributed by atoms with van der Waals surface area (Å²) in [6, 6.07) is 20.7. The van der Waals surface area contributed by atoms with Crippen LogP contribution in [-0.4, -0.2) is 46.2 Å². The molecule has 3 rings (SSSR count). The van der Waals surface area contributed by atoms with Gasteiger partial charge in [-0.3, -0.25) is 4.90 Å². The number of rotatable bonds is 8. The molecule has 1 aliphatic rings. The molecule has 0 aromatic heterocycles. The maximum atomic E-state index is 11.6. The molecule has 2 aromatic carbocycles. The summed E-state index contributed by atoms with van der Waals surface area (Å²) in [6.45, 7) is 1.77. The average Bonchev–Trinajstić information content (AvgIpc) is 2.79. The van der Waals surface area contributed by atoms with Crippen LogP contribution in [0.15, 0.2) is 60.7 Å². The van der Waals surface area contributed by atoms with Gasteiger partial charge in [0.15, 0.2) is 0 Å². The smallest absolute Gasteiger partial charge is 0.111 e. The SMILES string of the molecule is CN(CC#CCCC(O)(c1ccccc1)C1SCCCS1)CCc1ccccc1. The van der Waals surface area contributed by atoms with Crippen LogP contribution in [0.3, 0.4) is 0 Å². The number of benzene rings is 2. The summed E-state index contributed by atoms with van der Waals surface area (Å²) in [6.07, 6.45) is 3.67. The van der Waals surface area contributed by atoms with E-state index in [-0.39, 0.29) is 4.58 Å². The summed E-state index contributed by atoms with van der Waals surface area (Å²) in [4.78, 5) is 2.26. The van der Waals surface area contributed by atoms with Gasteiger partial charge in [0.1, 0.15) is 5.60 Å². The second-order valence-corrected chi connectivity index (χ2v) is 10.3. The molecule has 2 aromatic rings. The van der Waals surface area contributed by atoms with E-state index in [2.05, 4.69) is 66.3 Å². The van der Waals surface area contributed by atoms with Gasteiger partial charge in [0, 0.05) is 13.0 Å². The van der Waals surface area contributed by atoms with Crippen molar-refractivity contribution < 1.29 is 5.11 Å². The largest absolute Gasteiger partial charge is 0.383 e. The molecular weight excluding hydrogens is 394 g/mol. The molecule has 0 bridgehead atoms. The zero-order valence-corrected chi connectivity index (χ0v) is 18.9. The van der Waals surface area contributed by atoms with Crippen molar-refractivity contribution in [3.63, 3.8) is 0 Å². The Balaban J connectivity index is 1.51. The summed E-state index contributed by atoms with van der Waals surface area (Å²) in [5.41, 5.74) is 1.57. The van der Waals surface area contributed by atoms with E-state index in [1.807, 2.05) is 41.7 Å². The summed E-state index contributed by atoms with van der Waals surface area (Å²) >= 11 is 3.79. The summed E-state index contributed by atoms with van der Waals surface area (Å²) in [7, 11) is 2.12. The van der Waals surface area contributed by atoms with Crippen molar-refractivity contribution in [3.05, 3.63) is 71.8 Å². The summed E-state index contributed by atoms with van der Waals surface area (Å²) in [5.74, 6) is 8.87. The van der Waals surface area contributed by atoms with Gasteiger partial charge >= 0.3 is 0 Å². The van der Waals surface area contributed by atoms with Crippen LogP contribution in [-0.2, 0) is 12.0 Å². The molecule has 29 heavy (non-hydrogen) atoms. The van der Waals surface area contributed by atoms with Gasteiger partial charge in [-0.2, -0.15) is 0 Å². The molecule has 1 N–H and O–H groups in total. The Morgan fingerprint density at radius 2 is 1.66 bits per heavy atom. The third-order valence-corrected chi connectivity index (χ3v) is 8.47. The van der Waals surface area contributed by atoms with E-state index < -0.39 is 5.60 Å². The number of thioether (sulfide) groups is 2. The van der Waals surface area contributed by atoms with Gasteiger partial charge < -0.3 is 5.11 Å². The predicted octanol–water partition coefficient (Wildman–Crippen LogP) is 5.03. The lowest BCUT2D eigenvalue weighted by Gasteiger charge is -2.37. The third-order valence-electron chi connectivity index (χ3n) is 5.22. The first-order valence-corrected chi connectivity index (χ1v) is 12.5. The van der Waals surface area contributed by atoms with E-state index >= 15 is 0 Å². The number of nitrogens with zero attached hydrogens (tertiary/aromatic N) is 1. The Morgan fingerprint density at radius 3 is 2.34 bits per heavy atom. The normalized spacial score (nSPS) is 16.8. The van der Waals surface area contributed by atoms with E-state index in [9.17, 15) is 5.11 Å². The molecule has 1 saturated heterocycles. The average molecular weight is 426 g/mol. The molecule has 0 radical (unpaired) electrons. The van der Waals surface area contributed by atoms with Crippen LogP contribution in [0.25, 0.3) is 0 Å². The van der Waals surface area contributed by atoms with Gasteiger partial charge in [0.05, 0.1) is 11.1 Å². The number of likely N-dealkylation sites (N-methyl/N-ethyl adjacent to an activating group) is 1. The zero-order chi connectivity index (χ0) is 20.4. The minimum absolute atomic E-state index is 0.189. The molecular formula is C25H31NOS2. The second kappa shape index (κ2) is 11.7. The molecule has 4 heteroatoms. The van der Waals surface area contributed by atoms with Crippen molar-refractivity contribution in [3.8, 4) is 11.8 Å². The lowest BCUT2D eigenvalue weighted by atomic mass is 9.90. The molecule has 0 amide bonds. The molecule has 0 saturated carbocycles. The molecule has 1 atom stereocenters. The lowest BCUT2D eigenvalue weighted by molar-refractivity contribution is 0.0464. The monoisotopic (exact) mass is 425 g/mol. The Morgan fingerprint density at radius 1 is 1.00 bits per heavy atom. The van der Waals surface area contributed by atoms with Crippen LogP contribution in [0, 0.1) is 11.8 Å². The maximum absolute atomic E-state index is 11.6. The van der Waals surface area contributed by atoms with E-state index in [0.29, 0.717) is 6.42 Å². The van der Waals surface area contributed by atoms with Crippen molar-refractivity contribution in [2.45, 2.75) is 35.9 Å². The Kier molecular flexibility index (Phi) is 9.01. The minimum atomic E-state index is -0.815. The van der Waals surface area contributed by atoms with Crippen LogP contribution in [0.5, 0.6) is 0 Å². The van der Waals surface area contributed by atoms with Crippen molar-refractivity contribution >= 4 is 23.5 Å². The van der Waals surface area contributed by atoms with Crippen molar-refractivity contribution in [1.82, 2.24) is 4.90 Å². The van der Waals surface area contributed by atoms with Crippen molar-refractivity contribution in [2.24, 2.45) is 0 Å². The minimum Gasteiger partial charge on any atom is -0.383 e. The van der Waals surface area contributed by atoms with Gasteiger partial charge in [0.25, 0.3) is 0 Å². The molecule has 1 aliphatic heterocycles. The van der Waals surface area contributed by atoms with Crippen molar-refractivity contribution in [1.29, 1.82) is 0 Å². The number of aliphatic hydroxyl groups is 1. The van der Waals surface area contributed by atoms with Gasteiger partial charge in [-0.1, -0.05) is 66.6 Å². The first kappa shape index (κ1) is 22.3. The fraction of sp³-hybridized carbons (Fsp3) is 0.440. The second-order valence-electron chi connectivity index (χ2n) is 7.54. The first-order chi connectivity index (χ1) is 14.2. The predicted molar refractivity (Wildman–Crippen MR) is 128 cm³/mol. The Hall–Kier alpha value is -1.38. The molecule has 0 spiro atoms. The maximum Gasteiger partial charge on any atom is 0.111 e. The fourth-order valence-electron chi connectivity index (χ4n) is 3.46. The number of hydrogen-bond acceptors (Lipinski definition) is 4. The molecule has 1 unspecified atom stereocenters. The van der Waals surface area contributed by atoms with Crippen molar-refractivity contribution in [2.75, 3.05) is 31.6 Å². The fourth-order valence-corrected chi connectivity index (χ4v) is 6.72. The highest BCUT2D eigenvalue weighted by molar-refractivity contribution is 8.17. The van der Waals surface area contributed by atoms with Gasteiger partial charge in [-0.05, 0) is 48.9 Å². The molecule has 1 fully saturated rings. The standard InChI is InChI=1S/C25H31NOS2/c1-26(19-16-22-12-5-2-6-13-22)18-10-4-9-17-25(27,23-14-7-3-8-15-23)24-28-20-11-21-29-24/h2-3,5-8,12-15,24,27H,9,11,16-21H2,1H3. The quantitative estimate of drug-likeness (QED) is 0.599. The van der Waals surface area contributed by atoms with Gasteiger partial charge in [-0.15, -0.1) is 29.4 Å². The summed E-state index contributed by atoms with van der Waals surface area (Å²) in [5, 5.41) is 11.6. The van der Waals surface area contributed by atoms with E-state index in [0.717, 1.165) is 43.0 Å². The first-order valence-electron chi connectivity index (χ1n) is 10.4. The van der Waals surface area contributed by atoms with E-state index in [4.69, 9.17) is 0 Å². The molecule has 2 nitrogen and oxygen atoms in total. The zero-order valence-electron chi connectivity index (χ0n) is 17.2. The van der Waals surface area contributed by atoms with Gasteiger partial charge in [0.2, 0.25) is 0 Å². The molecule has 0 aliphatic carbocycles. The van der Waals surface area contributed by atoms with Crippen LogP contribution in [0.2, 0.25) is 0 Å². The number of hydrogen-bond donors (Lipinski definition) is 1. The highest BCUT2D eigenvalue weighted by atomic mass is 32.2.